The summed E-state index contributed by atoms with van der Waals surface area (Å²) in [6.07, 6.45) is 3.36. The minimum absolute atomic E-state index is 0.00944. The number of aromatic carboxylic acids is 1. The van der Waals surface area contributed by atoms with Gasteiger partial charge in [0.05, 0.1) is 5.52 Å². The molecule has 0 saturated heterocycles. The molecule has 0 aromatic carbocycles. The highest BCUT2D eigenvalue weighted by Gasteiger charge is 2.09. The molecule has 0 aliphatic heterocycles. The van der Waals surface area contributed by atoms with Gasteiger partial charge in [-0.3, -0.25) is 10.1 Å². The summed E-state index contributed by atoms with van der Waals surface area (Å²) in [6.45, 7) is 0. The highest BCUT2D eigenvalue weighted by Crippen LogP contribution is 2.19. The first-order valence-electron chi connectivity index (χ1n) is 4.58. The third-order valence-electron chi connectivity index (χ3n) is 2.33. The molecule has 0 aliphatic rings. The largest absolute Gasteiger partial charge is 0.477 e. The molecule has 0 unspecified atom stereocenters. The van der Waals surface area contributed by atoms with Crippen molar-refractivity contribution in [3.63, 3.8) is 0 Å². The Bertz CT molecular complexity index is 704. The van der Waals surface area contributed by atoms with Crippen molar-refractivity contribution in [3.8, 4) is 0 Å². The summed E-state index contributed by atoms with van der Waals surface area (Å²) in [5.74, 6) is -1.06. The van der Waals surface area contributed by atoms with E-state index in [1.807, 2.05) is 0 Å². The molecule has 78 valence electrons. The molecule has 0 aliphatic carbocycles. The van der Waals surface area contributed by atoms with Crippen molar-refractivity contribution >= 4 is 27.9 Å². The lowest BCUT2D eigenvalue weighted by atomic mass is 10.2. The lowest BCUT2D eigenvalue weighted by Gasteiger charge is -1.98. The number of rotatable bonds is 1. The van der Waals surface area contributed by atoms with Crippen molar-refractivity contribution in [3.05, 3.63) is 30.2 Å². The molecule has 0 amide bonds. The zero-order valence-electron chi connectivity index (χ0n) is 8.01. The van der Waals surface area contributed by atoms with Gasteiger partial charge in [0.2, 0.25) is 0 Å². The second-order valence-corrected chi connectivity index (χ2v) is 3.32. The van der Waals surface area contributed by atoms with Crippen molar-refractivity contribution in [1.82, 2.24) is 20.2 Å². The molecule has 0 atom stereocenters. The van der Waals surface area contributed by atoms with E-state index in [1.54, 1.807) is 18.5 Å². The average molecular weight is 214 g/mol. The van der Waals surface area contributed by atoms with E-state index in [9.17, 15) is 4.79 Å². The molecular formula is C10H6N4O2. The maximum absolute atomic E-state index is 10.8. The maximum Gasteiger partial charge on any atom is 0.354 e. The Morgan fingerprint density at radius 3 is 3.00 bits per heavy atom. The fraction of sp³-hybridized carbons (Fsp3) is 0. The number of hydrogen-bond donors (Lipinski definition) is 2. The number of carboxylic acid groups (broad SMARTS) is 1. The van der Waals surface area contributed by atoms with Crippen LogP contribution < -0.4 is 0 Å². The van der Waals surface area contributed by atoms with Crippen LogP contribution in [0.4, 0.5) is 0 Å². The van der Waals surface area contributed by atoms with Gasteiger partial charge >= 0.3 is 5.97 Å². The first-order valence-corrected chi connectivity index (χ1v) is 4.58. The Labute approximate surface area is 89.0 Å². The summed E-state index contributed by atoms with van der Waals surface area (Å²) >= 11 is 0. The van der Waals surface area contributed by atoms with Crippen molar-refractivity contribution in [2.75, 3.05) is 0 Å². The van der Waals surface area contributed by atoms with E-state index < -0.39 is 5.97 Å². The van der Waals surface area contributed by atoms with Crippen LogP contribution in [0.2, 0.25) is 0 Å². The lowest BCUT2D eigenvalue weighted by molar-refractivity contribution is 0.0691. The van der Waals surface area contributed by atoms with Crippen LogP contribution in [0.1, 0.15) is 10.5 Å². The van der Waals surface area contributed by atoms with Crippen LogP contribution in [0.3, 0.4) is 0 Å². The van der Waals surface area contributed by atoms with Gasteiger partial charge in [0.25, 0.3) is 0 Å². The molecule has 0 spiro atoms. The summed E-state index contributed by atoms with van der Waals surface area (Å²) in [5.41, 5.74) is 1.75. The molecule has 6 nitrogen and oxygen atoms in total. The molecule has 2 N–H and O–H groups in total. The summed E-state index contributed by atoms with van der Waals surface area (Å²) in [7, 11) is 0. The normalized spacial score (nSPS) is 11.0. The lowest BCUT2D eigenvalue weighted by Crippen LogP contribution is -2.00. The number of carboxylic acids is 1. The molecule has 3 rings (SSSR count). The topological polar surface area (TPSA) is 91.8 Å². The van der Waals surface area contributed by atoms with Gasteiger partial charge in [0, 0.05) is 17.8 Å². The van der Waals surface area contributed by atoms with Crippen molar-refractivity contribution in [2.45, 2.75) is 0 Å². The zero-order valence-corrected chi connectivity index (χ0v) is 8.01. The fourth-order valence-electron chi connectivity index (χ4n) is 1.58. The third-order valence-corrected chi connectivity index (χ3v) is 2.33. The van der Waals surface area contributed by atoms with E-state index in [4.69, 9.17) is 5.11 Å². The highest BCUT2D eigenvalue weighted by atomic mass is 16.4. The number of H-pyrrole nitrogens is 1. The first kappa shape index (κ1) is 8.78. The van der Waals surface area contributed by atoms with E-state index in [2.05, 4.69) is 20.2 Å². The van der Waals surface area contributed by atoms with E-state index >= 15 is 0 Å². The minimum atomic E-state index is -1.06. The van der Waals surface area contributed by atoms with Gasteiger partial charge in [-0.05, 0) is 12.1 Å². The van der Waals surface area contributed by atoms with E-state index in [1.165, 1.54) is 6.07 Å². The Morgan fingerprint density at radius 1 is 1.31 bits per heavy atom. The Kier molecular flexibility index (Phi) is 1.64. The number of carbonyl (C=O) groups is 1. The molecule has 3 heterocycles. The van der Waals surface area contributed by atoms with Gasteiger partial charge in [-0.15, -0.1) is 0 Å². The van der Waals surface area contributed by atoms with Gasteiger partial charge < -0.3 is 5.11 Å². The number of pyridine rings is 2. The predicted molar refractivity (Wildman–Crippen MR) is 56.1 cm³/mol. The Balaban J connectivity index is 2.46. The molecule has 0 bridgehead atoms. The van der Waals surface area contributed by atoms with Crippen molar-refractivity contribution in [2.24, 2.45) is 0 Å². The maximum atomic E-state index is 10.8. The van der Waals surface area contributed by atoms with Crippen molar-refractivity contribution in [1.29, 1.82) is 0 Å². The number of nitrogens with one attached hydrogen (secondary N) is 1. The fourth-order valence-corrected chi connectivity index (χ4v) is 1.58. The molecule has 16 heavy (non-hydrogen) atoms. The first-order chi connectivity index (χ1) is 7.75. The summed E-state index contributed by atoms with van der Waals surface area (Å²) in [5, 5.41) is 16.4. The van der Waals surface area contributed by atoms with E-state index in [0.29, 0.717) is 16.6 Å². The molecule has 0 saturated carbocycles. The number of aromatic amines is 1. The van der Waals surface area contributed by atoms with Crippen LogP contribution in [0.25, 0.3) is 21.9 Å². The second-order valence-electron chi connectivity index (χ2n) is 3.32. The SMILES string of the molecule is O=C(O)c1ccc2ncc3c[nH]nc3c2n1. The standard InChI is InChI=1S/C10H6N4O2/c15-10(16)7-2-1-6-9(13-7)8-5(3-11-6)4-12-14-8/h1-4H,(H,12,14)(H,15,16). The smallest absolute Gasteiger partial charge is 0.354 e. The Morgan fingerprint density at radius 2 is 2.19 bits per heavy atom. The van der Waals surface area contributed by atoms with Gasteiger partial charge in [-0.1, -0.05) is 0 Å². The predicted octanol–water partition coefficient (Wildman–Crippen LogP) is 1.20. The summed E-state index contributed by atoms with van der Waals surface area (Å²) in [4.78, 5) is 19.0. The summed E-state index contributed by atoms with van der Waals surface area (Å²) < 4.78 is 0. The molecule has 3 aromatic heterocycles. The average Bonchev–Trinajstić information content (AvgIpc) is 2.76. The van der Waals surface area contributed by atoms with Gasteiger partial charge in [0.1, 0.15) is 16.7 Å². The van der Waals surface area contributed by atoms with Crippen LogP contribution >= 0.6 is 0 Å². The van der Waals surface area contributed by atoms with Crippen molar-refractivity contribution < 1.29 is 9.90 Å². The molecule has 6 heteroatoms. The third kappa shape index (κ3) is 1.13. The van der Waals surface area contributed by atoms with E-state index in [-0.39, 0.29) is 5.69 Å². The molecular weight excluding hydrogens is 208 g/mol. The molecule has 0 fully saturated rings. The summed E-state index contributed by atoms with van der Waals surface area (Å²) in [6, 6.07) is 3.05. The minimum Gasteiger partial charge on any atom is -0.477 e. The molecule has 3 aromatic rings. The quantitative estimate of drug-likeness (QED) is 0.635. The zero-order chi connectivity index (χ0) is 11.1. The van der Waals surface area contributed by atoms with Crippen LogP contribution in [0, 0.1) is 0 Å². The number of aromatic nitrogens is 4. The highest BCUT2D eigenvalue weighted by molar-refractivity contribution is 6.01. The van der Waals surface area contributed by atoms with Gasteiger partial charge in [0.15, 0.2) is 0 Å². The number of nitrogens with zero attached hydrogens (tertiary/aromatic N) is 3. The number of fused-ring (bicyclic) bond motifs is 3. The molecule has 0 radical (unpaired) electrons. The van der Waals surface area contributed by atoms with E-state index in [0.717, 1.165) is 5.39 Å². The van der Waals surface area contributed by atoms with Crippen LogP contribution in [-0.4, -0.2) is 31.2 Å². The Hall–Kier alpha value is -2.50. The van der Waals surface area contributed by atoms with Crippen LogP contribution in [-0.2, 0) is 0 Å². The van der Waals surface area contributed by atoms with Gasteiger partial charge in [-0.25, -0.2) is 9.78 Å². The van der Waals surface area contributed by atoms with Gasteiger partial charge in [-0.2, -0.15) is 5.10 Å². The monoisotopic (exact) mass is 214 g/mol. The number of hydrogen-bond acceptors (Lipinski definition) is 4. The second kappa shape index (κ2) is 2.99. The van der Waals surface area contributed by atoms with Crippen LogP contribution in [0.5, 0.6) is 0 Å². The van der Waals surface area contributed by atoms with Crippen LogP contribution in [0.15, 0.2) is 24.5 Å².